The molecule has 6 nitrogen and oxygen atoms in total. The molecule has 1 N–H and O–H groups in total. The van der Waals surface area contributed by atoms with Gasteiger partial charge in [-0.2, -0.15) is 0 Å². The Bertz CT molecular complexity index is 1120. The molecule has 1 fully saturated rings. The normalized spacial score (nSPS) is 16.0. The average molecular weight is 481 g/mol. The predicted molar refractivity (Wildman–Crippen MR) is 122 cm³/mol. The minimum atomic E-state index is -2.54. The summed E-state index contributed by atoms with van der Waals surface area (Å²) >= 11 is 5.88. The lowest BCUT2D eigenvalue weighted by atomic mass is 10.1. The van der Waals surface area contributed by atoms with Crippen molar-refractivity contribution in [3.63, 3.8) is 0 Å². The van der Waals surface area contributed by atoms with Crippen molar-refractivity contribution in [2.45, 2.75) is 25.2 Å². The molecule has 10 heteroatoms. The fraction of sp³-hybridized carbons (Fsp3) is 0.391. The summed E-state index contributed by atoms with van der Waals surface area (Å²) in [6, 6.07) is 7.84. The summed E-state index contributed by atoms with van der Waals surface area (Å²) in [5.41, 5.74) is 1.21. The van der Waals surface area contributed by atoms with Crippen LogP contribution in [0.4, 0.5) is 24.7 Å². The Labute approximate surface area is 194 Å². The molecule has 2 heterocycles. The molecule has 1 aliphatic rings. The van der Waals surface area contributed by atoms with Crippen LogP contribution in [0.3, 0.4) is 0 Å². The number of halogens is 4. The second-order valence-electron chi connectivity index (χ2n) is 7.90. The highest BCUT2D eigenvalue weighted by molar-refractivity contribution is 6.31. The Morgan fingerprint density at radius 2 is 1.91 bits per heavy atom. The number of fused-ring (bicyclic) bond motifs is 1. The SMILES string of the molecule is COc1cc2ncnc(Nc3ccc(F)c(Cl)c3)c2cc1OCCCN1CCC(F)(F)CC1. The Morgan fingerprint density at radius 1 is 1.12 bits per heavy atom. The first-order chi connectivity index (χ1) is 15.8. The van der Waals surface area contributed by atoms with Crippen molar-refractivity contribution in [3.8, 4) is 11.5 Å². The molecule has 0 aliphatic carbocycles. The minimum Gasteiger partial charge on any atom is -0.493 e. The molecule has 0 unspecified atom stereocenters. The van der Waals surface area contributed by atoms with Crippen LogP contribution in [0.1, 0.15) is 19.3 Å². The number of anilines is 2. The van der Waals surface area contributed by atoms with Crippen molar-refractivity contribution in [2.75, 3.05) is 38.7 Å². The molecule has 1 saturated heterocycles. The smallest absolute Gasteiger partial charge is 0.250 e. The van der Waals surface area contributed by atoms with E-state index in [0.29, 0.717) is 66.6 Å². The van der Waals surface area contributed by atoms with Crippen LogP contribution in [0.25, 0.3) is 10.9 Å². The van der Waals surface area contributed by atoms with Crippen molar-refractivity contribution in [3.05, 3.63) is 47.5 Å². The van der Waals surface area contributed by atoms with Crippen LogP contribution in [0.2, 0.25) is 5.02 Å². The van der Waals surface area contributed by atoms with Gasteiger partial charge in [-0.15, -0.1) is 0 Å². The van der Waals surface area contributed by atoms with Gasteiger partial charge >= 0.3 is 0 Å². The second kappa shape index (κ2) is 10.0. The third-order valence-electron chi connectivity index (χ3n) is 5.57. The number of nitrogens with zero attached hydrogens (tertiary/aromatic N) is 3. The quantitative estimate of drug-likeness (QED) is 0.419. The first-order valence-corrected chi connectivity index (χ1v) is 11.0. The van der Waals surface area contributed by atoms with Gasteiger partial charge in [0.05, 0.1) is 24.3 Å². The number of aromatic nitrogens is 2. The van der Waals surface area contributed by atoms with Crippen LogP contribution >= 0.6 is 11.6 Å². The lowest BCUT2D eigenvalue weighted by Crippen LogP contribution is -2.40. The minimum absolute atomic E-state index is 0.00137. The summed E-state index contributed by atoms with van der Waals surface area (Å²) in [7, 11) is 1.54. The molecule has 176 valence electrons. The topological polar surface area (TPSA) is 59.5 Å². The summed E-state index contributed by atoms with van der Waals surface area (Å²) in [6.45, 7) is 1.88. The van der Waals surface area contributed by atoms with Crippen LogP contribution in [-0.4, -0.2) is 54.1 Å². The molecule has 0 saturated carbocycles. The average Bonchev–Trinajstić information content (AvgIpc) is 2.80. The largest absolute Gasteiger partial charge is 0.493 e. The van der Waals surface area contributed by atoms with E-state index in [9.17, 15) is 13.2 Å². The van der Waals surface area contributed by atoms with Crippen LogP contribution in [0.15, 0.2) is 36.7 Å². The van der Waals surface area contributed by atoms with Crippen molar-refractivity contribution in [2.24, 2.45) is 0 Å². The summed E-state index contributed by atoms with van der Waals surface area (Å²) in [4.78, 5) is 10.6. The highest BCUT2D eigenvalue weighted by Crippen LogP contribution is 2.35. The van der Waals surface area contributed by atoms with Gasteiger partial charge in [-0.25, -0.2) is 23.1 Å². The zero-order chi connectivity index (χ0) is 23.4. The third kappa shape index (κ3) is 5.78. The Balaban J connectivity index is 1.46. The van der Waals surface area contributed by atoms with Crippen LogP contribution < -0.4 is 14.8 Å². The molecule has 0 spiro atoms. The molecule has 4 rings (SSSR count). The first kappa shape index (κ1) is 23.4. The number of piperidine rings is 1. The summed E-state index contributed by atoms with van der Waals surface area (Å²) < 4.78 is 51.5. The molecule has 33 heavy (non-hydrogen) atoms. The van der Waals surface area contributed by atoms with Crippen LogP contribution in [-0.2, 0) is 0 Å². The van der Waals surface area contributed by atoms with Gasteiger partial charge in [0.2, 0.25) is 0 Å². The molecule has 0 radical (unpaired) electrons. The van der Waals surface area contributed by atoms with Crippen molar-refractivity contribution < 1.29 is 22.6 Å². The van der Waals surface area contributed by atoms with E-state index in [-0.39, 0.29) is 17.9 Å². The highest BCUT2D eigenvalue weighted by atomic mass is 35.5. The molecule has 2 aromatic carbocycles. The van der Waals surface area contributed by atoms with Crippen molar-refractivity contribution in [1.82, 2.24) is 14.9 Å². The van der Waals surface area contributed by atoms with Gasteiger partial charge in [0.1, 0.15) is 18.0 Å². The van der Waals surface area contributed by atoms with Gasteiger partial charge < -0.3 is 19.7 Å². The Kier molecular flexibility index (Phi) is 7.09. The van der Waals surface area contributed by atoms with E-state index in [1.165, 1.54) is 18.5 Å². The van der Waals surface area contributed by atoms with Gasteiger partial charge in [-0.1, -0.05) is 11.6 Å². The molecule has 1 aliphatic heterocycles. The number of rotatable bonds is 8. The first-order valence-electron chi connectivity index (χ1n) is 10.6. The van der Waals surface area contributed by atoms with E-state index in [0.717, 1.165) is 0 Å². The maximum atomic E-state index is 13.5. The highest BCUT2D eigenvalue weighted by Gasteiger charge is 2.33. The zero-order valence-electron chi connectivity index (χ0n) is 18.1. The Morgan fingerprint density at radius 3 is 2.64 bits per heavy atom. The lowest BCUT2D eigenvalue weighted by molar-refractivity contribution is -0.0554. The monoisotopic (exact) mass is 480 g/mol. The summed E-state index contributed by atoms with van der Waals surface area (Å²) in [5, 5.41) is 3.82. The molecule has 0 amide bonds. The fourth-order valence-corrected chi connectivity index (χ4v) is 3.90. The number of ether oxygens (including phenoxy) is 2. The van der Waals surface area contributed by atoms with E-state index in [1.54, 1.807) is 25.3 Å². The zero-order valence-corrected chi connectivity index (χ0v) is 18.8. The van der Waals surface area contributed by atoms with Crippen LogP contribution in [0.5, 0.6) is 11.5 Å². The maximum absolute atomic E-state index is 13.5. The van der Waals surface area contributed by atoms with Crippen molar-refractivity contribution in [1.29, 1.82) is 0 Å². The van der Waals surface area contributed by atoms with Gasteiger partial charge in [-0.05, 0) is 30.7 Å². The third-order valence-corrected chi connectivity index (χ3v) is 5.86. The number of benzene rings is 2. The lowest BCUT2D eigenvalue weighted by Gasteiger charge is -2.31. The number of nitrogens with one attached hydrogen (secondary N) is 1. The maximum Gasteiger partial charge on any atom is 0.250 e. The number of likely N-dealkylation sites (tertiary alicyclic amines) is 1. The van der Waals surface area contributed by atoms with Crippen LogP contribution in [0, 0.1) is 5.82 Å². The summed E-state index contributed by atoms with van der Waals surface area (Å²) in [5.74, 6) is -1.50. The van der Waals surface area contributed by atoms with Gasteiger partial charge in [0, 0.05) is 49.6 Å². The molecule has 0 atom stereocenters. The van der Waals surface area contributed by atoms with Crippen molar-refractivity contribution >= 4 is 34.0 Å². The van der Waals surface area contributed by atoms with E-state index in [4.69, 9.17) is 21.1 Å². The van der Waals surface area contributed by atoms with E-state index < -0.39 is 11.7 Å². The number of hydrogen-bond acceptors (Lipinski definition) is 6. The molecule has 0 bridgehead atoms. The predicted octanol–water partition coefficient (Wildman–Crippen LogP) is 5.67. The Hall–Kier alpha value is -2.78. The van der Waals surface area contributed by atoms with Gasteiger partial charge in [0.15, 0.2) is 11.5 Å². The number of hydrogen-bond donors (Lipinski definition) is 1. The standard InChI is InChI=1S/C23H24ClF3N4O2/c1-32-20-13-19-16(22(29-14-28-19)30-15-3-4-18(25)17(24)11-15)12-21(20)33-10-2-7-31-8-5-23(26,27)6-9-31/h3-4,11-14H,2,5-10H2,1H3,(H,28,29,30). The molecule has 3 aromatic rings. The molecular formula is C23H24ClF3N4O2. The van der Waals surface area contributed by atoms with E-state index in [1.807, 2.05) is 4.90 Å². The second-order valence-corrected chi connectivity index (χ2v) is 8.30. The van der Waals surface area contributed by atoms with E-state index in [2.05, 4.69) is 15.3 Å². The fourth-order valence-electron chi connectivity index (χ4n) is 3.72. The molecule has 1 aromatic heterocycles. The summed E-state index contributed by atoms with van der Waals surface area (Å²) in [6.07, 6.45) is 1.91. The number of methoxy groups -OCH3 is 1. The van der Waals surface area contributed by atoms with Gasteiger partial charge in [0.25, 0.3) is 5.92 Å². The van der Waals surface area contributed by atoms with Gasteiger partial charge in [-0.3, -0.25) is 0 Å². The number of alkyl halides is 2. The van der Waals surface area contributed by atoms with E-state index >= 15 is 0 Å². The molecular weight excluding hydrogens is 457 g/mol.